The van der Waals surface area contributed by atoms with Gasteiger partial charge in [-0.2, -0.15) is 0 Å². The first-order valence-corrected chi connectivity index (χ1v) is 7.40. The van der Waals surface area contributed by atoms with Gasteiger partial charge in [0.25, 0.3) is 0 Å². The standard InChI is InChI=1S/C7H10O6P2.Na/c8-14(9,10)6-15(11,12)13-7-4-2-1-3-5-7;/h1-5H,6H2,(H,11,12)(H2,8,9,10);/q;+1/p-1. The molecule has 0 amide bonds. The summed E-state index contributed by atoms with van der Waals surface area (Å²) in [4.78, 5) is 28.1. The molecule has 16 heavy (non-hydrogen) atoms. The van der Waals surface area contributed by atoms with Gasteiger partial charge in [-0.15, -0.1) is 0 Å². The van der Waals surface area contributed by atoms with Crippen LogP contribution in [0.2, 0.25) is 0 Å². The van der Waals surface area contributed by atoms with Crippen molar-refractivity contribution in [3.05, 3.63) is 30.3 Å². The molecule has 2 N–H and O–H groups in total. The molecule has 0 heterocycles. The largest absolute Gasteiger partial charge is 1.00 e. The van der Waals surface area contributed by atoms with Gasteiger partial charge < -0.3 is 19.2 Å². The summed E-state index contributed by atoms with van der Waals surface area (Å²) < 4.78 is 26.1. The van der Waals surface area contributed by atoms with Gasteiger partial charge in [-0.3, -0.25) is 9.13 Å². The summed E-state index contributed by atoms with van der Waals surface area (Å²) in [5.41, 5.74) is 0. The molecule has 1 atom stereocenters. The SMILES string of the molecule is O=P(O)(O)CP(=O)([O-])Oc1ccccc1.[Na+]. The Morgan fingerprint density at radius 2 is 1.69 bits per heavy atom. The van der Waals surface area contributed by atoms with E-state index in [2.05, 4.69) is 4.52 Å². The summed E-state index contributed by atoms with van der Waals surface area (Å²) in [6.07, 6.45) is 0. The molecule has 84 valence electrons. The first-order chi connectivity index (χ1) is 6.79. The van der Waals surface area contributed by atoms with Crippen LogP contribution in [0.1, 0.15) is 0 Å². The van der Waals surface area contributed by atoms with Crippen LogP contribution < -0.4 is 39.0 Å². The van der Waals surface area contributed by atoms with Crippen molar-refractivity contribution in [3.63, 3.8) is 0 Å². The second kappa shape index (κ2) is 6.34. The van der Waals surface area contributed by atoms with E-state index < -0.39 is 21.1 Å². The van der Waals surface area contributed by atoms with E-state index in [1.807, 2.05) is 0 Å². The average molecular weight is 274 g/mol. The maximum Gasteiger partial charge on any atom is 1.00 e. The molecule has 0 spiro atoms. The van der Waals surface area contributed by atoms with E-state index >= 15 is 0 Å². The summed E-state index contributed by atoms with van der Waals surface area (Å²) in [5, 5.41) is 0. The van der Waals surface area contributed by atoms with E-state index in [0.717, 1.165) is 0 Å². The Hall–Kier alpha value is 0.360. The number of rotatable bonds is 4. The van der Waals surface area contributed by atoms with Crippen LogP contribution in [0.3, 0.4) is 0 Å². The molecular formula is C7H9NaO6P2. The molecule has 6 nitrogen and oxygen atoms in total. The zero-order valence-corrected chi connectivity index (χ0v) is 12.3. The zero-order chi connectivity index (χ0) is 11.5. The van der Waals surface area contributed by atoms with Crippen LogP contribution in [-0.4, -0.2) is 15.7 Å². The van der Waals surface area contributed by atoms with E-state index in [9.17, 15) is 14.0 Å². The van der Waals surface area contributed by atoms with Gasteiger partial charge in [-0.05, 0) is 12.1 Å². The normalized spacial score (nSPS) is 14.7. The fourth-order valence-electron chi connectivity index (χ4n) is 0.896. The minimum absolute atomic E-state index is 0. The van der Waals surface area contributed by atoms with Crippen LogP contribution in [0.4, 0.5) is 0 Å². The molecule has 9 heteroatoms. The van der Waals surface area contributed by atoms with Crippen molar-refractivity contribution in [2.24, 2.45) is 0 Å². The van der Waals surface area contributed by atoms with E-state index in [-0.39, 0.29) is 35.3 Å². The van der Waals surface area contributed by atoms with Crippen molar-refractivity contribution in [3.8, 4) is 5.75 Å². The summed E-state index contributed by atoms with van der Waals surface area (Å²) >= 11 is 0. The number of benzene rings is 1. The minimum Gasteiger partial charge on any atom is -0.769 e. The summed E-state index contributed by atoms with van der Waals surface area (Å²) in [7, 11) is -9.17. The quantitative estimate of drug-likeness (QED) is 0.475. The molecule has 0 radical (unpaired) electrons. The zero-order valence-electron chi connectivity index (χ0n) is 8.52. The molecule has 1 rings (SSSR count). The van der Waals surface area contributed by atoms with Crippen molar-refractivity contribution in [1.29, 1.82) is 0 Å². The van der Waals surface area contributed by atoms with Crippen molar-refractivity contribution in [2.75, 3.05) is 5.90 Å². The third kappa shape index (κ3) is 6.84. The molecule has 0 fully saturated rings. The van der Waals surface area contributed by atoms with E-state index in [4.69, 9.17) is 9.79 Å². The third-order valence-electron chi connectivity index (χ3n) is 1.35. The predicted molar refractivity (Wildman–Crippen MR) is 51.6 cm³/mol. The van der Waals surface area contributed by atoms with Crippen molar-refractivity contribution >= 4 is 15.2 Å². The van der Waals surface area contributed by atoms with E-state index in [0.29, 0.717) is 0 Å². The van der Waals surface area contributed by atoms with Crippen molar-refractivity contribution in [2.45, 2.75) is 0 Å². The molecule has 1 unspecified atom stereocenters. The fraction of sp³-hybridized carbons (Fsp3) is 0.143. The Bertz CT molecular complexity index is 416. The Morgan fingerprint density at radius 3 is 2.12 bits per heavy atom. The topological polar surface area (TPSA) is 107 Å². The first-order valence-electron chi connectivity index (χ1n) is 3.88. The van der Waals surface area contributed by atoms with Gasteiger partial charge >= 0.3 is 37.2 Å². The molecular weight excluding hydrogens is 265 g/mol. The molecule has 0 saturated heterocycles. The summed E-state index contributed by atoms with van der Waals surface area (Å²) in [6.45, 7) is 0. The van der Waals surface area contributed by atoms with Crippen LogP contribution in [-0.2, 0) is 9.13 Å². The summed E-state index contributed by atoms with van der Waals surface area (Å²) in [5.74, 6) is -1.26. The van der Waals surface area contributed by atoms with Crippen LogP contribution in [0.15, 0.2) is 30.3 Å². The fourth-order valence-corrected chi connectivity index (χ4v) is 3.38. The number of para-hydroxylation sites is 1. The van der Waals surface area contributed by atoms with E-state index in [1.54, 1.807) is 18.2 Å². The second-order valence-corrected chi connectivity index (χ2v) is 6.69. The van der Waals surface area contributed by atoms with Crippen molar-refractivity contribution in [1.82, 2.24) is 0 Å². The predicted octanol–water partition coefficient (Wildman–Crippen LogP) is -2.24. The van der Waals surface area contributed by atoms with Crippen molar-refractivity contribution < 1.29 is 57.9 Å². The molecule has 1 aromatic rings. The minimum atomic E-state index is -4.62. The summed E-state index contributed by atoms with van der Waals surface area (Å²) in [6, 6.07) is 7.51. The molecule has 0 aliphatic rings. The molecule has 1 aromatic carbocycles. The van der Waals surface area contributed by atoms with Gasteiger partial charge in [0, 0.05) is 0 Å². The second-order valence-electron chi connectivity index (χ2n) is 2.82. The number of hydrogen-bond donors (Lipinski definition) is 2. The maximum absolute atomic E-state index is 11.1. The van der Waals surface area contributed by atoms with Crippen LogP contribution in [0, 0.1) is 0 Å². The molecule has 0 aliphatic heterocycles. The van der Waals surface area contributed by atoms with Crippen LogP contribution in [0.5, 0.6) is 5.75 Å². The third-order valence-corrected chi connectivity index (χ3v) is 4.69. The average Bonchev–Trinajstić information content (AvgIpc) is 1.99. The molecule has 0 bridgehead atoms. The van der Waals surface area contributed by atoms with Gasteiger partial charge in [-0.1, -0.05) is 18.2 Å². The maximum atomic E-state index is 11.1. The Labute approximate surface area is 115 Å². The van der Waals surface area contributed by atoms with Gasteiger partial charge in [0.05, 0.1) is 0 Å². The van der Waals surface area contributed by atoms with Gasteiger partial charge in [0.1, 0.15) is 11.7 Å². The smallest absolute Gasteiger partial charge is 0.769 e. The Morgan fingerprint density at radius 1 is 1.19 bits per heavy atom. The van der Waals surface area contributed by atoms with Crippen LogP contribution in [0.25, 0.3) is 0 Å². The van der Waals surface area contributed by atoms with Gasteiger partial charge in [0.15, 0.2) is 7.60 Å². The van der Waals surface area contributed by atoms with Crippen LogP contribution >= 0.6 is 15.2 Å². The molecule has 0 aromatic heterocycles. The van der Waals surface area contributed by atoms with Gasteiger partial charge in [-0.25, -0.2) is 0 Å². The molecule has 0 saturated carbocycles. The van der Waals surface area contributed by atoms with E-state index in [1.165, 1.54) is 12.1 Å². The number of hydrogen-bond acceptors (Lipinski definition) is 4. The monoisotopic (exact) mass is 274 g/mol. The Balaban J connectivity index is 0.00000225. The first kappa shape index (κ1) is 16.4. The molecule has 0 aliphatic carbocycles. The Kier molecular flexibility index (Phi) is 6.48. The van der Waals surface area contributed by atoms with Gasteiger partial charge in [0.2, 0.25) is 0 Å².